The van der Waals surface area contributed by atoms with Crippen LogP contribution in [0.25, 0.3) is 10.9 Å². The van der Waals surface area contributed by atoms with Crippen LogP contribution >= 0.6 is 0 Å². The molecule has 0 aliphatic carbocycles. The Morgan fingerprint density at radius 1 is 1.03 bits per heavy atom. The number of halogens is 1. The molecule has 0 radical (unpaired) electrons. The molecule has 3 amide bonds. The van der Waals surface area contributed by atoms with Gasteiger partial charge in [-0.3, -0.25) is 38.7 Å². The van der Waals surface area contributed by atoms with E-state index in [1.54, 1.807) is 19.1 Å². The first-order valence-electron chi connectivity index (χ1n) is 22.2. The maximum Gasteiger partial charge on any atom is 0.306 e. The smallest absolute Gasteiger partial charge is 0.306 e. The third-order valence-electron chi connectivity index (χ3n) is 13.0. The van der Waals surface area contributed by atoms with Gasteiger partial charge in [0.25, 0.3) is 11.5 Å². The largest absolute Gasteiger partial charge is 0.480 e. The number of ether oxygens (including phenoxy) is 3. The number of carbonyl (C=O) groups excluding carboxylic acids is 3. The van der Waals surface area contributed by atoms with Gasteiger partial charge in [0, 0.05) is 45.6 Å². The van der Waals surface area contributed by atoms with Crippen molar-refractivity contribution in [2.45, 2.75) is 75.5 Å². The van der Waals surface area contributed by atoms with Crippen LogP contribution in [0.3, 0.4) is 0 Å². The first kappa shape index (κ1) is 48.3. The first-order chi connectivity index (χ1) is 32.3. The number of benzene rings is 3. The van der Waals surface area contributed by atoms with Crippen LogP contribution in [0.5, 0.6) is 23.0 Å². The highest BCUT2D eigenvalue weighted by molar-refractivity contribution is 7.90. The van der Waals surface area contributed by atoms with E-state index in [1.165, 1.54) is 42.2 Å². The topological polar surface area (TPSA) is 249 Å². The van der Waals surface area contributed by atoms with Crippen molar-refractivity contribution in [2.75, 3.05) is 63.9 Å². The molecule has 3 aromatic carbocycles. The Balaban J connectivity index is 0.863. The van der Waals surface area contributed by atoms with E-state index in [2.05, 4.69) is 19.9 Å². The van der Waals surface area contributed by atoms with Gasteiger partial charge in [0.2, 0.25) is 11.8 Å². The van der Waals surface area contributed by atoms with Crippen molar-refractivity contribution in [1.82, 2.24) is 29.0 Å². The lowest BCUT2D eigenvalue weighted by Crippen LogP contribution is -2.50. The van der Waals surface area contributed by atoms with E-state index in [1.807, 2.05) is 11.0 Å². The van der Waals surface area contributed by atoms with Crippen LogP contribution in [-0.4, -0.2) is 129 Å². The molecule has 2 atom stereocenters. The summed E-state index contributed by atoms with van der Waals surface area (Å²) in [4.78, 5) is 59.8. The van der Waals surface area contributed by atoms with Gasteiger partial charge in [-0.05, 0) is 93.1 Å². The second-order valence-electron chi connectivity index (χ2n) is 17.5. The number of rotatable bonds is 14. The van der Waals surface area contributed by atoms with Crippen molar-refractivity contribution in [2.24, 2.45) is 0 Å². The van der Waals surface area contributed by atoms with Gasteiger partial charge in [-0.25, -0.2) is 9.37 Å². The predicted octanol–water partition coefficient (Wildman–Crippen LogP) is 3.53. The van der Waals surface area contributed by atoms with Gasteiger partial charge < -0.3 is 23.3 Å². The number of fused-ring (bicyclic) bond motifs is 1. The molecule has 8 rings (SSSR count). The molecule has 23 heteroatoms. The fourth-order valence-electron chi connectivity index (χ4n) is 9.11. The Labute approximate surface area is 392 Å². The molecule has 362 valence electrons. The quantitative estimate of drug-likeness (QED) is 0.136. The summed E-state index contributed by atoms with van der Waals surface area (Å²) in [5.41, 5.74) is -0.487. The second-order valence-corrected chi connectivity index (χ2v) is 20.9. The van der Waals surface area contributed by atoms with Gasteiger partial charge in [-0.1, -0.05) is 13.0 Å². The Morgan fingerprint density at radius 3 is 2.46 bits per heavy atom. The molecular formula is C45H51FN8O12S2. The van der Waals surface area contributed by atoms with Crippen molar-refractivity contribution in [3.05, 3.63) is 82.2 Å². The molecule has 20 nitrogen and oxygen atoms in total. The zero-order valence-electron chi connectivity index (χ0n) is 37.6. The molecule has 1 unspecified atom stereocenters. The van der Waals surface area contributed by atoms with Crippen LogP contribution in [0.2, 0.25) is 0 Å². The van der Waals surface area contributed by atoms with Crippen LogP contribution in [0.1, 0.15) is 75.0 Å². The normalized spacial score (nSPS) is 20.3. The number of likely N-dealkylation sites (tertiary alicyclic amines) is 2. The summed E-state index contributed by atoms with van der Waals surface area (Å²) < 4.78 is 93.2. The molecule has 4 aromatic rings. The third kappa shape index (κ3) is 10.6. The molecule has 68 heavy (non-hydrogen) atoms. The number of nitrogens with zero attached hydrogens (tertiary/aromatic N) is 6. The van der Waals surface area contributed by atoms with E-state index in [0.29, 0.717) is 69.4 Å². The maximum atomic E-state index is 15.1. The standard InChI is InChI=1S/C45H51FN8O12S2/c1-4-51(2)68(61,62)50-37-10-8-35(46)42(34(37)24-47)65-30-6-9-36-33(21-30)44(58)54(27-48-36)29-23-45(63-26-29)15-19-53(20-16-45)41(56)25-52-17-13-28(14-18-52)32-7-5-31(22-39(32)66-67(3,59)60)64-38-11-12-40(55)49-43(38)57/h5-10,21-22,27-29,38,50H,4,11-20,23,25-26H2,1-3H3,(H,49,55,57)/t29-,38?/m1/s1. The summed E-state index contributed by atoms with van der Waals surface area (Å²) >= 11 is 0. The number of nitrogens with one attached hydrogen (secondary N) is 2. The molecule has 4 saturated heterocycles. The van der Waals surface area contributed by atoms with Crippen molar-refractivity contribution in [3.8, 4) is 29.1 Å². The lowest BCUT2D eigenvalue weighted by Gasteiger charge is -2.40. The van der Waals surface area contributed by atoms with Gasteiger partial charge in [0.05, 0.1) is 54.0 Å². The van der Waals surface area contributed by atoms with Gasteiger partial charge in [-0.15, -0.1) is 0 Å². The zero-order chi connectivity index (χ0) is 48.5. The average molecular weight is 979 g/mol. The van der Waals surface area contributed by atoms with Crippen LogP contribution in [0.15, 0.2) is 59.7 Å². The average Bonchev–Trinajstić information content (AvgIpc) is 3.71. The summed E-state index contributed by atoms with van der Waals surface area (Å²) in [6, 6.07) is 12.8. The minimum absolute atomic E-state index is 0.0178. The number of anilines is 1. The van der Waals surface area contributed by atoms with E-state index < -0.39 is 49.5 Å². The van der Waals surface area contributed by atoms with E-state index in [9.17, 15) is 41.3 Å². The Bertz CT molecular complexity index is 2970. The Kier molecular flexibility index (Phi) is 13.8. The first-order valence-corrected chi connectivity index (χ1v) is 25.4. The highest BCUT2D eigenvalue weighted by Gasteiger charge is 2.44. The van der Waals surface area contributed by atoms with Crippen LogP contribution in [0.4, 0.5) is 10.1 Å². The summed E-state index contributed by atoms with van der Waals surface area (Å²) in [5.74, 6) is -2.11. The van der Waals surface area contributed by atoms with E-state index >= 15 is 4.39 Å². The summed E-state index contributed by atoms with van der Waals surface area (Å²) in [5, 5.41) is 12.3. The molecule has 4 aliphatic rings. The molecule has 5 heterocycles. The lowest BCUT2D eigenvalue weighted by atomic mass is 9.87. The van der Waals surface area contributed by atoms with Crippen molar-refractivity contribution >= 4 is 54.6 Å². The predicted molar refractivity (Wildman–Crippen MR) is 243 cm³/mol. The van der Waals surface area contributed by atoms with Crippen LogP contribution in [-0.2, 0) is 39.4 Å². The number of hydrogen-bond acceptors (Lipinski definition) is 15. The van der Waals surface area contributed by atoms with Gasteiger partial charge >= 0.3 is 20.3 Å². The summed E-state index contributed by atoms with van der Waals surface area (Å²) in [6.07, 6.45) is 4.73. The van der Waals surface area contributed by atoms with E-state index in [4.69, 9.17) is 18.4 Å². The van der Waals surface area contributed by atoms with Crippen molar-refractivity contribution < 1.29 is 54.0 Å². The number of carbonyl (C=O) groups is 3. The number of amides is 3. The van der Waals surface area contributed by atoms with Crippen molar-refractivity contribution in [1.29, 1.82) is 5.26 Å². The molecule has 1 aromatic heterocycles. The zero-order valence-corrected chi connectivity index (χ0v) is 39.2. The van der Waals surface area contributed by atoms with Crippen molar-refractivity contribution in [3.63, 3.8) is 0 Å². The Hall–Kier alpha value is -6.19. The maximum absolute atomic E-state index is 15.1. The Morgan fingerprint density at radius 2 is 1.76 bits per heavy atom. The van der Waals surface area contributed by atoms with E-state index in [-0.39, 0.29) is 95.8 Å². The summed E-state index contributed by atoms with van der Waals surface area (Å²) in [6.45, 7) is 4.33. The molecule has 1 spiro atoms. The third-order valence-corrected chi connectivity index (χ3v) is 15.0. The number of nitriles is 1. The van der Waals surface area contributed by atoms with Crippen LogP contribution in [0, 0.1) is 17.1 Å². The van der Waals surface area contributed by atoms with E-state index in [0.717, 1.165) is 22.7 Å². The number of imide groups is 1. The number of aromatic nitrogens is 2. The highest BCUT2D eigenvalue weighted by Crippen LogP contribution is 2.42. The fourth-order valence-corrected chi connectivity index (χ4v) is 10.5. The van der Waals surface area contributed by atoms with Gasteiger partial charge in [0.1, 0.15) is 28.9 Å². The molecule has 0 bridgehead atoms. The highest BCUT2D eigenvalue weighted by atomic mass is 32.2. The summed E-state index contributed by atoms with van der Waals surface area (Å²) in [7, 11) is -6.60. The number of piperidine rings is 3. The lowest BCUT2D eigenvalue weighted by molar-refractivity contribution is -0.139. The van der Waals surface area contributed by atoms with Gasteiger partial charge in [-0.2, -0.15) is 26.4 Å². The number of hydrogen-bond donors (Lipinski definition) is 2. The second kappa shape index (κ2) is 19.4. The molecular weight excluding hydrogens is 928 g/mol. The fraction of sp³-hybridized carbons (Fsp3) is 0.467. The van der Waals surface area contributed by atoms with Gasteiger partial charge in [0.15, 0.2) is 17.7 Å². The molecule has 4 aliphatic heterocycles. The monoisotopic (exact) mass is 978 g/mol. The minimum atomic E-state index is -4.05. The van der Waals surface area contributed by atoms with Crippen LogP contribution < -0.4 is 29.3 Å². The molecule has 4 fully saturated rings. The SMILES string of the molecule is CCN(C)S(=O)(=O)Nc1ccc(F)c(Oc2ccc3ncn([C@H]4COC5(CCN(C(=O)CN6CCC(c7ccc(OC8CCC(=O)NC8=O)cc7OS(C)(=O)=O)CC6)CC5)C4)c(=O)c3c2)c1C#N. The minimum Gasteiger partial charge on any atom is -0.480 e. The molecule has 2 N–H and O–H groups in total. The molecule has 0 saturated carbocycles.